The van der Waals surface area contributed by atoms with Gasteiger partial charge in [0.25, 0.3) is 15.9 Å². The number of anilines is 1. The molecule has 1 heterocycles. The molecule has 10 heteroatoms. The van der Waals surface area contributed by atoms with Gasteiger partial charge >= 0.3 is 0 Å². The third-order valence-electron chi connectivity index (χ3n) is 4.21. The molecule has 0 spiro atoms. The summed E-state index contributed by atoms with van der Waals surface area (Å²) in [7, 11) is -1.06. The number of nitrogens with zero attached hydrogens (tertiary/aromatic N) is 1. The Hall–Kier alpha value is -3.37. The molecule has 0 bridgehead atoms. The first-order valence-corrected chi connectivity index (χ1v) is 10.0. The van der Waals surface area contributed by atoms with E-state index < -0.39 is 15.9 Å². The largest absolute Gasteiger partial charge is 0.495 e. The molecule has 29 heavy (non-hydrogen) atoms. The number of hydrogen-bond donors (Lipinski definition) is 3. The molecule has 1 aromatic heterocycles. The van der Waals surface area contributed by atoms with Gasteiger partial charge < -0.3 is 14.6 Å². The van der Waals surface area contributed by atoms with Crippen LogP contribution in [0.25, 0.3) is 10.9 Å². The van der Waals surface area contributed by atoms with Crippen LogP contribution >= 0.6 is 0 Å². The summed E-state index contributed by atoms with van der Waals surface area (Å²) in [5.74, 6) is -0.899. The number of ether oxygens (including phenoxy) is 1. The van der Waals surface area contributed by atoms with E-state index in [1.807, 2.05) is 12.1 Å². The lowest BCUT2D eigenvalue weighted by atomic mass is 10.2. The molecule has 9 nitrogen and oxygen atoms in total. The second-order valence-electron chi connectivity index (χ2n) is 6.28. The second kappa shape index (κ2) is 7.94. The summed E-state index contributed by atoms with van der Waals surface area (Å²) in [5, 5.41) is 3.20. The fourth-order valence-corrected chi connectivity index (χ4v) is 3.96. The molecule has 0 unspecified atom stereocenters. The van der Waals surface area contributed by atoms with Crippen molar-refractivity contribution >= 4 is 38.4 Å². The van der Waals surface area contributed by atoms with Crippen LogP contribution in [0, 0.1) is 0 Å². The molecule has 3 N–H and O–H groups in total. The van der Waals surface area contributed by atoms with Crippen LogP contribution in [0.5, 0.6) is 5.75 Å². The average molecular weight is 416 g/mol. The molecule has 2 amide bonds. The minimum Gasteiger partial charge on any atom is -0.495 e. The molecule has 0 aliphatic heterocycles. The van der Waals surface area contributed by atoms with Crippen LogP contribution < -0.4 is 20.3 Å². The van der Waals surface area contributed by atoms with Gasteiger partial charge in [-0.1, -0.05) is 18.2 Å². The number of rotatable bonds is 6. The Balaban J connectivity index is 1.86. The maximum Gasteiger partial charge on any atom is 0.268 e. The maximum absolute atomic E-state index is 12.7. The molecule has 0 fully saturated rings. The van der Waals surface area contributed by atoms with Crippen molar-refractivity contribution in [2.24, 2.45) is 7.05 Å². The third kappa shape index (κ3) is 4.23. The molecule has 0 atom stereocenters. The Kier molecular flexibility index (Phi) is 5.57. The van der Waals surface area contributed by atoms with Crippen LogP contribution in [-0.4, -0.2) is 31.9 Å². The average Bonchev–Trinajstić information content (AvgIpc) is 3.03. The summed E-state index contributed by atoms with van der Waals surface area (Å²) < 4.78 is 32.3. The van der Waals surface area contributed by atoms with Gasteiger partial charge in [-0.05, 0) is 24.3 Å². The first-order valence-electron chi connectivity index (χ1n) is 8.55. The number of sulfonamides is 1. The molecular formula is C19H20N4O5S. The van der Waals surface area contributed by atoms with Crippen molar-refractivity contribution in [2.75, 3.05) is 12.4 Å². The molecular weight excluding hydrogens is 396 g/mol. The first-order chi connectivity index (χ1) is 13.7. The highest BCUT2D eigenvalue weighted by atomic mass is 32.2. The predicted molar refractivity (Wildman–Crippen MR) is 108 cm³/mol. The Morgan fingerprint density at radius 1 is 1.10 bits per heavy atom. The number of hydrogen-bond acceptors (Lipinski definition) is 5. The van der Waals surface area contributed by atoms with Crippen LogP contribution in [0.15, 0.2) is 53.6 Å². The van der Waals surface area contributed by atoms with Crippen molar-refractivity contribution in [3.05, 3.63) is 54.2 Å². The van der Waals surface area contributed by atoms with Gasteiger partial charge in [-0.25, -0.2) is 8.42 Å². The number of carbonyl (C=O) groups is 2. The van der Waals surface area contributed by atoms with Crippen LogP contribution in [0.3, 0.4) is 0 Å². The second-order valence-corrected chi connectivity index (χ2v) is 7.93. The van der Waals surface area contributed by atoms with Crippen LogP contribution in [-0.2, 0) is 21.9 Å². The van der Waals surface area contributed by atoms with Gasteiger partial charge in [-0.15, -0.1) is 4.83 Å². The number of nitrogens with one attached hydrogen (secondary N) is 3. The quantitative estimate of drug-likeness (QED) is 0.529. The van der Waals surface area contributed by atoms with Crippen molar-refractivity contribution in [3.8, 4) is 5.75 Å². The van der Waals surface area contributed by atoms with Gasteiger partial charge in [0.2, 0.25) is 5.91 Å². The van der Waals surface area contributed by atoms with Gasteiger partial charge in [0.15, 0.2) is 0 Å². The number of aryl methyl sites for hydroxylation is 1. The molecule has 3 rings (SSSR count). The van der Waals surface area contributed by atoms with E-state index in [9.17, 15) is 18.0 Å². The van der Waals surface area contributed by atoms with Crippen molar-refractivity contribution in [3.63, 3.8) is 0 Å². The minimum atomic E-state index is -4.18. The summed E-state index contributed by atoms with van der Waals surface area (Å²) in [6.45, 7) is 1.31. The lowest BCUT2D eigenvalue weighted by Crippen LogP contribution is -2.41. The van der Waals surface area contributed by atoms with E-state index in [0.29, 0.717) is 10.9 Å². The Bertz CT molecular complexity index is 1200. The summed E-state index contributed by atoms with van der Waals surface area (Å²) >= 11 is 0. The topological polar surface area (TPSA) is 119 Å². The molecule has 152 valence electrons. The summed E-state index contributed by atoms with van der Waals surface area (Å²) in [4.78, 5) is 25.7. The van der Waals surface area contributed by atoms with Crippen molar-refractivity contribution in [1.29, 1.82) is 0 Å². The van der Waals surface area contributed by atoms with Crippen LogP contribution in [0.1, 0.15) is 17.3 Å². The fraction of sp³-hybridized carbons (Fsp3) is 0.158. The lowest BCUT2D eigenvalue weighted by molar-refractivity contribution is -0.114. The molecule has 0 aliphatic rings. The highest BCUT2D eigenvalue weighted by Gasteiger charge is 2.22. The molecule has 0 radical (unpaired) electrons. The van der Waals surface area contributed by atoms with E-state index in [1.54, 1.807) is 29.9 Å². The van der Waals surface area contributed by atoms with Crippen molar-refractivity contribution in [2.45, 2.75) is 11.8 Å². The highest BCUT2D eigenvalue weighted by molar-refractivity contribution is 7.89. The van der Waals surface area contributed by atoms with E-state index in [-0.39, 0.29) is 22.2 Å². The van der Waals surface area contributed by atoms with Crippen LogP contribution in [0.2, 0.25) is 0 Å². The molecule has 0 saturated carbocycles. The zero-order valence-electron chi connectivity index (χ0n) is 16.0. The fourth-order valence-electron chi connectivity index (χ4n) is 2.93. The zero-order chi connectivity index (χ0) is 21.2. The van der Waals surface area contributed by atoms with E-state index in [0.717, 1.165) is 5.52 Å². The number of fused-ring (bicyclic) bond motifs is 1. The predicted octanol–water partition coefficient (Wildman–Crippen LogP) is 1.77. The normalized spacial score (nSPS) is 11.3. The highest BCUT2D eigenvalue weighted by Crippen LogP contribution is 2.27. The Morgan fingerprint density at radius 2 is 1.83 bits per heavy atom. The summed E-state index contributed by atoms with van der Waals surface area (Å²) in [6, 6.07) is 11.4. The SMILES string of the molecule is COc1ccc(NC(C)=O)cc1S(=O)(=O)NNC(=O)c1cn(C)c2ccccc12. The zero-order valence-corrected chi connectivity index (χ0v) is 16.8. The van der Waals surface area contributed by atoms with Crippen molar-refractivity contribution < 1.29 is 22.7 Å². The van der Waals surface area contributed by atoms with Gasteiger partial charge in [-0.3, -0.25) is 15.0 Å². The van der Waals surface area contributed by atoms with Gasteiger partial charge in [-0.2, -0.15) is 0 Å². The number of hydrazine groups is 1. The van der Waals surface area contributed by atoms with E-state index >= 15 is 0 Å². The molecule has 3 aromatic rings. The Morgan fingerprint density at radius 3 is 2.52 bits per heavy atom. The van der Waals surface area contributed by atoms with E-state index in [4.69, 9.17) is 4.74 Å². The monoisotopic (exact) mass is 416 g/mol. The first kappa shape index (κ1) is 20.4. The van der Waals surface area contributed by atoms with Gasteiger partial charge in [0.1, 0.15) is 10.6 Å². The number of amides is 2. The van der Waals surface area contributed by atoms with E-state index in [1.165, 1.54) is 32.2 Å². The lowest BCUT2D eigenvalue weighted by Gasteiger charge is -2.13. The minimum absolute atomic E-state index is 0.0611. The van der Waals surface area contributed by atoms with Gasteiger partial charge in [0, 0.05) is 36.8 Å². The molecule has 0 saturated heterocycles. The van der Waals surface area contributed by atoms with E-state index in [2.05, 4.69) is 15.6 Å². The van der Waals surface area contributed by atoms with Crippen molar-refractivity contribution in [1.82, 2.24) is 14.8 Å². The third-order valence-corrected chi connectivity index (χ3v) is 5.48. The maximum atomic E-state index is 12.7. The van der Waals surface area contributed by atoms with Crippen LogP contribution in [0.4, 0.5) is 5.69 Å². The number of aromatic nitrogens is 1. The smallest absolute Gasteiger partial charge is 0.268 e. The molecule has 0 aliphatic carbocycles. The number of para-hydroxylation sites is 1. The summed E-state index contributed by atoms with van der Waals surface area (Å²) in [5.41, 5.74) is 3.66. The standard InChI is InChI=1S/C19H20N4O5S/c1-12(24)20-13-8-9-17(28-3)18(10-13)29(26,27)22-21-19(25)15-11-23(2)16-7-5-4-6-14(15)16/h4-11,22H,1-3H3,(H,20,24)(H,21,25). The number of methoxy groups -OCH3 is 1. The number of carbonyl (C=O) groups excluding carboxylic acids is 2. The Labute approximate surface area is 167 Å². The summed E-state index contributed by atoms with van der Waals surface area (Å²) in [6.07, 6.45) is 1.62. The number of benzene rings is 2. The molecule has 2 aromatic carbocycles. The van der Waals surface area contributed by atoms with Gasteiger partial charge in [0.05, 0.1) is 12.7 Å².